The van der Waals surface area contributed by atoms with Gasteiger partial charge in [-0.25, -0.2) is 8.42 Å². The third-order valence-corrected chi connectivity index (χ3v) is 5.90. The minimum atomic E-state index is -3.57. The molecule has 2 N–H and O–H groups in total. The summed E-state index contributed by atoms with van der Waals surface area (Å²) in [7, 11) is -1.99. The molecule has 0 unspecified atom stereocenters. The number of nitrogens with zero attached hydrogens (tertiary/aromatic N) is 1. The van der Waals surface area contributed by atoms with Crippen LogP contribution in [0.3, 0.4) is 0 Å². The van der Waals surface area contributed by atoms with Crippen molar-refractivity contribution in [3.63, 3.8) is 0 Å². The highest BCUT2D eigenvalue weighted by atomic mass is 32.2. The van der Waals surface area contributed by atoms with Crippen LogP contribution >= 0.6 is 0 Å². The molecule has 112 valence electrons. The first-order chi connectivity index (χ1) is 9.39. The molecule has 6 heteroatoms. The Bertz CT molecular complexity index is 595. The molecule has 1 aromatic carbocycles. The third-order valence-electron chi connectivity index (χ3n) is 3.74. The summed E-state index contributed by atoms with van der Waals surface area (Å²) in [5.74, 6) is 0. The fraction of sp³-hybridized carbons (Fsp3) is 0.571. The molecule has 1 aliphatic rings. The molecule has 0 aliphatic heterocycles. The number of nitrogens with two attached hydrogens (primary N) is 1. The molecule has 0 heterocycles. The molecular weight excluding hydrogens is 276 g/mol. The summed E-state index contributed by atoms with van der Waals surface area (Å²) in [4.78, 5) is 0.250. The Kier molecular flexibility index (Phi) is 4.36. The van der Waals surface area contributed by atoms with Gasteiger partial charge in [-0.1, -0.05) is 6.07 Å². The fourth-order valence-corrected chi connectivity index (χ4v) is 4.38. The summed E-state index contributed by atoms with van der Waals surface area (Å²) in [6.45, 7) is 4.46. The average molecular weight is 298 g/mol. The molecule has 0 atom stereocenters. The summed E-state index contributed by atoms with van der Waals surface area (Å²) in [5.41, 5.74) is 7.90. The molecule has 2 rings (SSSR count). The van der Waals surface area contributed by atoms with E-state index in [-0.39, 0.29) is 10.9 Å². The first-order valence-electron chi connectivity index (χ1n) is 6.76. The maximum absolute atomic E-state index is 12.9. The van der Waals surface area contributed by atoms with E-state index in [1.165, 1.54) is 4.31 Å². The Morgan fingerprint density at radius 3 is 2.55 bits per heavy atom. The summed E-state index contributed by atoms with van der Waals surface area (Å²) in [5, 5.41) is 0. The van der Waals surface area contributed by atoms with Crippen molar-refractivity contribution >= 4 is 15.7 Å². The van der Waals surface area contributed by atoms with E-state index < -0.39 is 10.0 Å². The number of ether oxygens (including phenoxy) is 1. The van der Waals surface area contributed by atoms with Crippen LogP contribution in [0.5, 0.6) is 0 Å². The topological polar surface area (TPSA) is 72.6 Å². The van der Waals surface area contributed by atoms with Gasteiger partial charge < -0.3 is 10.5 Å². The molecule has 5 nitrogen and oxygen atoms in total. The highest BCUT2D eigenvalue weighted by Crippen LogP contribution is 2.35. The number of sulfonamides is 1. The van der Waals surface area contributed by atoms with Crippen LogP contribution in [0.2, 0.25) is 0 Å². The highest BCUT2D eigenvalue weighted by Gasteiger charge is 2.39. The van der Waals surface area contributed by atoms with Crippen molar-refractivity contribution in [3.8, 4) is 0 Å². The molecule has 0 spiro atoms. The van der Waals surface area contributed by atoms with Crippen LogP contribution in [0.15, 0.2) is 17.0 Å². The van der Waals surface area contributed by atoms with Gasteiger partial charge in [0.05, 0.1) is 12.3 Å². The molecule has 20 heavy (non-hydrogen) atoms. The average Bonchev–Trinajstić information content (AvgIpc) is 3.19. The van der Waals surface area contributed by atoms with Crippen LogP contribution in [0.25, 0.3) is 0 Å². The van der Waals surface area contributed by atoms with Crippen LogP contribution < -0.4 is 5.73 Å². The van der Waals surface area contributed by atoms with Gasteiger partial charge in [-0.05, 0) is 43.9 Å². The van der Waals surface area contributed by atoms with Crippen LogP contribution in [0, 0.1) is 13.8 Å². The standard InChI is InChI=1S/C14H22N2O3S/c1-10-4-7-13(15)14(11(10)2)20(17,18)16(8-9-19-3)12-5-6-12/h4,7,12H,5-6,8-9,15H2,1-3H3. The molecule has 1 aromatic rings. The minimum absolute atomic E-state index is 0.0921. The van der Waals surface area contributed by atoms with Crippen molar-refractivity contribution in [3.05, 3.63) is 23.3 Å². The van der Waals surface area contributed by atoms with Gasteiger partial charge in [-0.3, -0.25) is 0 Å². The normalized spacial score (nSPS) is 15.8. The van der Waals surface area contributed by atoms with E-state index in [1.807, 2.05) is 13.0 Å². The number of methoxy groups -OCH3 is 1. The van der Waals surface area contributed by atoms with Gasteiger partial charge in [0.2, 0.25) is 10.0 Å². The number of aryl methyl sites for hydroxylation is 1. The zero-order chi connectivity index (χ0) is 14.9. The molecule has 0 aromatic heterocycles. The maximum Gasteiger partial charge on any atom is 0.245 e. The number of nitrogen functional groups attached to an aromatic ring is 1. The predicted octanol–water partition coefficient (Wildman–Crippen LogP) is 1.69. The molecule has 0 radical (unpaired) electrons. The van der Waals surface area contributed by atoms with Crippen LogP contribution in [0.1, 0.15) is 24.0 Å². The maximum atomic E-state index is 12.9. The van der Waals surface area contributed by atoms with Crippen molar-refractivity contribution in [2.75, 3.05) is 26.0 Å². The van der Waals surface area contributed by atoms with E-state index in [1.54, 1.807) is 20.1 Å². The van der Waals surface area contributed by atoms with Crippen molar-refractivity contribution in [1.82, 2.24) is 4.31 Å². The number of rotatable bonds is 6. The lowest BCUT2D eigenvalue weighted by Crippen LogP contribution is -2.36. The molecule has 0 bridgehead atoms. The zero-order valence-electron chi connectivity index (χ0n) is 12.2. The zero-order valence-corrected chi connectivity index (χ0v) is 13.0. The predicted molar refractivity (Wildman–Crippen MR) is 79.1 cm³/mol. The van der Waals surface area contributed by atoms with Crippen LogP contribution in [0.4, 0.5) is 5.69 Å². The molecule has 1 fully saturated rings. The van der Waals surface area contributed by atoms with Crippen molar-refractivity contribution in [2.24, 2.45) is 0 Å². The fourth-order valence-electron chi connectivity index (χ4n) is 2.31. The number of hydrogen-bond donors (Lipinski definition) is 1. The summed E-state index contributed by atoms with van der Waals surface area (Å²) in [6, 6.07) is 3.60. The quantitative estimate of drug-likeness (QED) is 0.811. The molecule has 1 aliphatic carbocycles. The van der Waals surface area contributed by atoms with E-state index >= 15 is 0 Å². The van der Waals surface area contributed by atoms with Gasteiger partial charge in [-0.2, -0.15) is 4.31 Å². The summed E-state index contributed by atoms with van der Waals surface area (Å²) < 4.78 is 32.4. The number of anilines is 1. The second-order valence-corrected chi connectivity index (χ2v) is 7.09. The Hall–Kier alpha value is -1.11. The van der Waals surface area contributed by atoms with Gasteiger partial charge in [0.1, 0.15) is 4.90 Å². The van der Waals surface area contributed by atoms with E-state index in [2.05, 4.69) is 0 Å². The van der Waals surface area contributed by atoms with Crippen LogP contribution in [-0.4, -0.2) is 39.0 Å². The van der Waals surface area contributed by atoms with E-state index in [4.69, 9.17) is 10.5 Å². The second kappa shape index (κ2) is 5.71. The Morgan fingerprint density at radius 2 is 2.00 bits per heavy atom. The molecule has 0 saturated heterocycles. The van der Waals surface area contributed by atoms with Gasteiger partial charge in [0.25, 0.3) is 0 Å². The van der Waals surface area contributed by atoms with Gasteiger partial charge in [0.15, 0.2) is 0 Å². The Balaban J connectivity index is 2.45. The largest absolute Gasteiger partial charge is 0.398 e. The van der Waals surface area contributed by atoms with Crippen molar-refractivity contribution < 1.29 is 13.2 Å². The van der Waals surface area contributed by atoms with Gasteiger partial charge in [-0.15, -0.1) is 0 Å². The lowest BCUT2D eigenvalue weighted by atomic mass is 10.1. The summed E-state index contributed by atoms with van der Waals surface area (Å²) >= 11 is 0. The van der Waals surface area contributed by atoms with Crippen LogP contribution in [-0.2, 0) is 14.8 Å². The van der Waals surface area contributed by atoms with Crippen molar-refractivity contribution in [1.29, 1.82) is 0 Å². The smallest absolute Gasteiger partial charge is 0.245 e. The minimum Gasteiger partial charge on any atom is -0.398 e. The molecular formula is C14H22N2O3S. The lowest BCUT2D eigenvalue weighted by Gasteiger charge is -2.24. The van der Waals surface area contributed by atoms with Gasteiger partial charge >= 0.3 is 0 Å². The number of hydrogen-bond acceptors (Lipinski definition) is 4. The van der Waals surface area contributed by atoms with E-state index in [0.29, 0.717) is 18.8 Å². The number of benzene rings is 1. The molecule has 1 saturated carbocycles. The third kappa shape index (κ3) is 2.82. The highest BCUT2D eigenvalue weighted by molar-refractivity contribution is 7.89. The lowest BCUT2D eigenvalue weighted by molar-refractivity contribution is 0.177. The Morgan fingerprint density at radius 1 is 1.35 bits per heavy atom. The first-order valence-corrected chi connectivity index (χ1v) is 8.20. The monoisotopic (exact) mass is 298 g/mol. The Labute approximate surface area is 120 Å². The van der Waals surface area contributed by atoms with E-state index in [0.717, 1.165) is 24.0 Å². The SMILES string of the molecule is COCCN(C1CC1)S(=O)(=O)c1c(N)ccc(C)c1C. The molecule has 0 amide bonds. The second-order valence-electron chi connectivity index (χ2n) is 5.27. The van der Waals surface area contributed by atoms with Gasteiger partial charge in [0, 0.05) is 19.7 Å². The van der Waals surface area contributed by atoms with Crippen molar-refractivity contribution in [2.45, 2.75) is 37.6 Å². The first kappa shape index (κ1) is 15.3. The van der Waals surface area contributed by atoms with E-state index in [9.17, 15) is 8.42 Å². The summed E-state index contributed by atoms with van der Waals surface area (Å²) in [6.07, 6.45) is 1.82.